The van der Waals surface area contributed by atoms with Crippen LogP contribution in [-0.2, 0) is 6.54 Å². The molecular weight excluding hydrogens is 382 g/mol. The van der Waals surface area contributed by atoms with Crippen molar-refractivity contribution in [1.82, 2.24) is 34.2 Å². The summed E-state index contributed by atoms with van der Waals surface area (Å²) in [6.45, 7) is 6.08. The monoisotopic (exact) mass is 409 g/mol. The van der Waals surface area contributed by atoms with Crippen molar-refractivity contribution in [2.45, 2.75) is 58.4 Å². The summed E-state index contributed by atoms with van der Waals surface area (Å²) in [5, 5.41) is 32.7. The minimum atomic E-state index is -0.884. The summed E-state index contributed by atoms with van der Waals surface area (Å²) in [4.78, 5) is 4.89. The van der Waals surface area contributed by atoms with Crippen LogP contribution >= 0.6 is 0 Å². The van der Waals surface area contributed by atoms with Crippen LogP contribution in [0.5, 0.6) is 0 Å². The summed E-state index contributed by atoms with van der Waals surface area (Å²) in [5.74, 6) is 0. The molecule has 0 aromatic carbocycles. The Labute approximate surface area is 174 Å². The summed E-state index contributed by atoms with van der Waals surface area (Å²) >= 11 is 0. The molecule has 4 aromatic rings. The number of aliphatic hydroxyl groups is 2. The van der Waals surface area contributed by atoms with Crippen LogP contribution in [0.3, 0.4) is 0 Å². The lowest BCUT2D eigenvalue weighted by atomic mass is 10.1. The van der Waals surface area contributed by atoms with Gasteiger partial charge in [0, 0.05) is 23.5 Å². The first-order valence-corrected chi connectivity index (χ1v) is 10.3. The van der Waals surface area contributed by atoms with Gasteiger partial charge in [0.15, 0.2) is 0 Å². The molecule has 0 fully saturated rings. The minimum Gasteiger partial charge on any atom is -0.391 e. The summed E-state index contributed by atoms with van der Waals surface area (Å²) < 4.78 is 5.41. The molecular formula is C21H27N7O2. The maximum Gasteiger partial charge on any atom is 0.0999 e. The van der Waals surface area contributed by atoms with Gasteiger partial charge in [0.25, 0.3) is 0 Å². The van der Waals surface area contributed by atoms with Crippen LogP contribution in [0.2, 0.25) is 0 Å². The van der Waals surface area contributed by atoms with Gasteiger partial charge in [-0.25, -0.2) is 9.50 Å². The van der Waals surface area contributed by atoms with Crippen molar-refractivity contribution in [1.29, 1.82) is 0 Å². The lowest BCUT2D eigenvalue weighted by molar-refractivity contribution is 0.0186. The van der Waals surface area contributed by atoms with Crippen molar-refractivity contribution in [3.8, 4) is 22.5 Å². The zero-order chi connectivity index (χ0) is 21.3. The third kappa shape index (κ3) is 3.86. The molecule has 9 nitrogen and oxygen atoms in total. The Hall–Kier alpha value is -3.04. The maximum absolute atomic E-state index is 9.90. The number of aliphatic hydroxyl groups excluding tert-OH is 2. The van der Waals surface area contributed by atoms with Crippen LogP contribution in [0.1, 0.15) is 39.7 Å². The van der Waals surface area contributed by atoms with E-state index in [1.807, 2.05) is 29.3 Å². The topological polar surface area (TPSA) is 106 Å². The Bertz CT molecular complexity index is 1120. The van der Waals surface area contributed by atoms with E-state index in [4.69, 9.17) is 4.98 Å². The molecule has 30 heavy (non-hydrogen) atoms. The largest absolute Gasteiger partial charge is 0.391 e. The fourth-order valence-corrected chi connectivity index (χ4v) is 3.54. The molecule has 0 aliphatic rings. The van der Waals surface area contributed by atoms with E-state index in [0.717, 1.165) is 35.2 Å². The van der Waals surface area contributed by atoms with E-state index in [1.165, 1.54) is 0 Å². The van der Waals surface area contributed by atoms with Gasteiger partial charge in [-0.3, -0.25) is 9.36 Å². The lowest BCUT2D eigenvalue weighted by Crippen LogP contribution is -2.27. The number of fused-ring (bicyclic) bond motifs is 1. The first-order valence-electron chi connectivity index (χ1n) is 10.3. The highest BCUT2D eigenvalue weighted by Crippen LogP contribution is 2.27. The van der Waals surface area contributed by atoms with Crippen molar-refractivity contribution in [3.63, 3.8) is 0 Å². The van der Waals surface area contributed by atoms with Gasteiger partial charge in [0.05, 0.1) is 66.5 Å². The molecule has 0 aliphatic carbocycles. The van der Waals surface area contributed by atoms with Crippen molar-refractivity contribution in [2.75, 3.05) is 0 Å². The Morgan fingerprint density at radius 3 is 2.47 bits per heavy atom. The molecule has 9 heteroatoms. The molecule has 0 amide bonds. The predicted molar refractivity (Wildman–Crippen MR) is 113 cm³/mol. The quantitative estimate of drug-likeness (QED) is 0.463. The highest BCUT2D eigenvalue weighted by atomic mass is 16.3. The molecule has 4 heterocycles. The van der Waals surface area contributed by atoms with Gasteiger partial charge in [-0.2, -0.15) is 15.3 Å². The van der Waals surface area contributed by atoms with Crippen LogP contribution in [0.4, 0.5) is 0 Å². The van der Waals surface area contributed by atoms with Gasteiger partial charge < -0.3 is 10.2 Å². The molecule has 4 rings (SSSR count). The Morgan fingerprint density at radius 1 is 0.967 bits per heavy atom. The highest BCUT2D eigenvalue weighted by molar-refractivity contribution is 5.78. The van der Waals surface area contributed by atoms with Crippen LogP contribution in [0.15, 0.2) is 43.2 Å². The number of aromatic nitrogens is 7. The Morgan fingerprint density at radius 2 is 1.73 bits per heavy atom. The summed E-state index contributed by atoms with van der Waals surface area (Å²) in [7, 11) is 0. The second-order valence-electron chi connectivity index (χ2n) is 7.57. The fraction of sp³-hybridized carbons (Fsp3) is 0.429. The molecule has 4 aromatic heterocycles. The molecule has 0 saturated carbocycles. The molecule has 0 radical (unpaired) electrons. The number of hydrogen-bond donors (Lipinski definition) is 2. The third-order valence-electron chi connectivity index (χ3n) is 5.44. The van der Waals surface area contributed by atoms with Crippen molar-refractivity contribution < 1.29 is 10.2 Å². The summed E-state index contributed by atoms with van der Waals surface area (Å²) in [6, 6.07) is 2.30. The fourth-order valence-electron chi connectivity index (χ4n) is 3.54. The van der Waals surface area contributed by atoms with Gasteiger partial charge in [0.1, 0.15) is 0 Å². The molecule has 158 valence electrons. The van der Waals surface area contributed by atoms with Gasteiger partial charge in [-0.05, 0) is 25.8 Å². The first kappa shape index (κ1) is 20.2. The van der Waals surface area contributed by atoms with Crippen LogP contribution in [0, 0.1) is 0 Å². The van der Waals surface area contributed by atoms with E-state index in [2.05, 4.69) is 29.1 Å². The van der Waals surface area contributed by atoms with Gasteiger partial charge >= 0.3 is 0 Å². The maximum atomic E-state index is 9.90. The van der Waals surface area contributed by atoms with Gasteiger partial charge in [0.2, 0.25) is 0 Å². The average Bonchev–Trinajstić information content (AvgIpc) is 3.48. The molecule has 0 bridgehead atoms. The van der Waals surface area contributed by atoms with Crippen molar-refractivity contribution in [2.24, 2.45) is 0 Å². The standard InChI is InChI=1S/C21H27N7O2/c1-4-17(5-2)27-11-16(9-24-27)21-19-6-7-22-28(19)12-18(25-21)15-8-23-26(10-15)13-20(30)14(3)29/h6-12,14,17,20,29-30H,4-5,13H2,1-3H3. The van der Waals surface area contributed by atoms with Crippen molar-refractivity contribution >= 4 is 5.52 Å². The van der Waals surface area contributed by atoms with E-state index >= 15 is 0 Å². The van der Waals surface area contributed by atoms with E-state index in [9.17, 15) is 10.2 Å². The van der Waals surface area contributed by atoms with Crippen LogP contribution in [-0.4, -0.2) is 56.6 Å². The Balaban J connectivity index is 1.71. The van der Waals surface area contributed by atoms with E-state index in [0.29, 0.717) is 11.7 Å². The number of nitrogens with zero attached hydrogens (tertiary/aromatic N) is 7. The highest BCUT2D eigenvalue weighted by Gasteiger charge is 2.17. The minimum absolute atomic E-state index is 0.205. The lowest BCUT2D eigenvalue weighted by Gasteiger charge is -2.12. The second-order valence-corrected chi connectivity index (χ2v) is 7.57. The van der Waals surface area contributed by atoms with Crippen LogP contribution < -0.4 is 0 Å². The first-order chi connectivity index (χ1) is 14.5. The normalized spacial score (nSPS) is 13.9. The van der Waals surface area contributed by atoms with E-state index in [1.54, 1.807) is 34.7 Å². The van der Waals surface area contributed by atoms with E-state index in [-0.39, 0.29) is 6.54 Å². The van der Waals surface area contributed by atoms with Gasteiger partial charge in [-0.15, -0.1) is 0 Å². The van der Waals surface area contributed by atoms with Crippen molar-refractivity contribution in [3.05, 3.63) is 43.2 Å². The molecule has 0 spiro atoms. The van der Waals surface area contributed by atoms with Crippen LogP contribution in [0.25, 0.3) is 28.0 Å². The second kappa shape index (κ2) is 8.37. The average molecular weight is 409 g/mol. The number of rotatable bonds is 8. The zero-order valence-electron chi connectivity index (χ0n) is 17.4. The summed E-state index contributed by atoms with van der Waals surface area (Å²) in [6.07, 6.45) is 11.3. The zero-order valence-corrected chi connectivity index (χ0v) is 17.4. The molecule has 2 N–H and O–H groups in total. The molecule has 2 atom stereocenters. The molecule has 2 unspecified atom stereocenters. The summed E-state index contributed by atoms with van der Waals surface area (Å²) in [5.41, 5.74) is 4.16. The third-order valence-corrected chi connectivity index (χ3v) is 5.44. The van der Waals surface area contributed by atoms with E-state index < -0.39 is 12.2 Å². The molecule has 0 saturated heterocycles. The smallest absolute Gasteiger partial charge is 0.0999 e. The number of hydrogen-bond acceptors (Lipinski definition) is 6. The van der Waals surface area contributed by atoms with Gasteiger partial charge in [-0.1, -0.05) is 13.8 Å². The predicted octanol–water partition coefficient (Wildman–Crippen LogP) is 2.56. The Kier molecular flexibility index (Phi) is 5.65. The SMILES string of the molecule is CCC(CC)n1cc(-c2nc(-c3cnn(CC(O)C(C)O)c3)cn3nccc23)cn1. The molecule has 0 aliphatic heterocycles.